The number of ether oxygens (including phenoxy) is 1. The Hall–Kier alpha value is -1.13. The maximum absolute atomic E-state index is 13.9. The zero-order chi connectivity index (χ0) is 13.4. The molecule has 1 saturated carbocycles. The van der Waals surface area contributed by atoms with Gasteiger partial charge in [0.25, 0.3) is 0 Å². The number of methoxy groups -OCH3 is 1. The van der Waals surface area contributed by atoms with E-state index in [1.165, 1.54) is 20.0 Å². The molecule has 1 heterocycles. The van der Waals surface area contributed by atoms with Crippen LogP contribution in [0.25, 0.3) is 0 Å². The van der Waals surface area contributed by atoms with Crippen molar-refractivity contribution in [1.82, 2.24) is 4.90 Å². The average Bonchev–Trinajstić information content (AvgIpc) is 3.22. The Morgan fingerprint density at radius 3 is 2.74 bits per heavy atom. The van der Waals surface area contributed by atoms with Gasteiger partial charge >= 0.3 is 0 Å². The van der Waals surface area contributed by atoms with Crippen LogP contribution in [0, 0.1) is 5.82 Å². The Balaban J connectivity index is 1.90. The molecule has 0 aromatic heterocycles. The summed E-state index contributed by atoms with van der Waals surface area (Å²) in [6.07, 6.45) is 4.66. The van der Waals surface area contributed by atoms with E-state index in [4.69, 9.17) is 10.5 Å². The molecule has 3 rings (SSSR count). The molecule has 3 nitrogen and oxygen atoms in total. The summed E-state index contributed by atoms with van der Waals surface area (Å²) in [5.74, 6) is -0.000349. The fourth-order valence-corrected chi connectivity index (χ4v) is 3.17. The molecule has 2 unspecified atom stereocenters. The van der Waals surface area contributed by atoms with Gasteiger partial charge in [0.05, 0.1) is 13.2 Å². The van der Waals surface area contributed by atoms with Crippen LogP contribution >= 0.6 is 0 Å². The third-order valence-electron chi connectivity index (χ3n) is 4.25. The van der Waals surface area contributed by atoms with E-state index in [9.17, 15) is 4.39 Å². The second-order valence-corrected chi connectivity index (χ2v) is 5.61. The molecule has 1 aliphatic heterocycles. The molecule has 1 aliphatic carbocycles. The van der Waals surface area contributed by atoms with Gasteiger partial charge in [-0.1, -0.05) is 6.07 Å². The monoisotopic (exact) mass is 264 g/mol. The summed E-state index contributed by atoms with van der Waals surface area (Å²) in [5, 5.41) is 0. The Labute approximate surface area is 113 Å². The SMILES string of the molecule is COc1ccc(C2C(N)CCCN2C2CC2)cc1F. The van der Waals surface area contributed by atoms with Gasteiger partial charge in [-0.2, -0.15) is 0 Å². The van der Waals surface area contributed by atoms with Crippen LogP contribution in [-0.2, 0) is 0 Å². The minimum Gasteiger partial charge on any atom is -0.494 e. The van der Waals surface area contributed by atoms with Crippen molar-refractivity contribution < 1.29 is 9.13 Å². The fourth-order valence-electron chi connectivity index (χ4n) is 3.17. The minimum atomic E-state index is -0.298. The molecular formula is C15H21FN2O. The van der Waals surface area contributed by atoms with Crippen LogP contribution in [0.5, 0.6) is 5.75 Å². The molecule has 0 spiro atoms. The average molecular weight is 264 g/mol. The Morgan fingerprint density at radius 2 is 2.11 bits per heavy atom. The lowest BCUT2D eigenvalue weighted by Crippen LogP contribution is -2.46. The van der Waals surface area contributed by atoms with Crippen LogP contribution in [0.3, 0.4) is 0 Å². The van der Waals surface area contributed by atoms with Crippen LogP contribution in [0.4, 0.5) is 4.39 Å². The molecule has 1 aromatic rings. The number of likely N-dealkylation sites (tertiary alicyclic amines) is 1. The fraction of sp³-hybridized carbons (Fsp3) is 0.600. The van der Waals surface area contributed by atoms with E-state index in [0.717, 1.165) is 24.9 Å². The summed E-state index contributed by atoms with van der Waals surface area (Å²) >= 11 is 0. The summed E-state index contributed by atoms with van der Waals surface area (Å²) in [7, 11) is 1.49. The van der Waals surface area contributed by atoms with Crippen LogP contribution in [0.2, 0.25) is 0 Å². The van der Waals surface area contributed by atoms with Crippen molar-refractivity contribution in [3.05, 3.63) is 29.6 Å². The van der Waals surface area contributed by atoms with E-state index >= 15 is 0 Å². The largest absolute Gasteiger partial charge is 0.494 e. The number of nitrogens with two attached hydrogens (primary N) is 1. The molecule has 2 aliphatic rings. The number of hydrogen-bond acceptors (Lipinski definition) is 3. The number of nitrogens with zero attached hydrogens (tertiary/aromatic N) is 1. The highest BCUT2D eigenvalue weighted by atomic mass is 19.1. The molecular weight excluding hydrogens is 243 g/mol. The van der Waals surface area contributed by atoms with E-state index in [-0.39, 0.29) is 17.9 Å². The van der Waals surface area contributed by atoms with Crippen molar-refractivity contribution in [2.24, 2.45) is 5.73 Å². The number of benzene rings is 1. The van der Waals surface area contributed by atoms with Crippen LogP contribution in [-0.4, -0.2) is 30.6 Å². The molecule has 0 bridgehead atoms. The van der Waals surface area contributed by atoms with E-state index in [2.05, 4.69) is 4.90 Å². The lowest BCUT2D eigenvalue weighted by atomic mass is 9.90. The number of halogens is 1. The lowest BCUT2D eigenvalue weighted by Gasteiger charge is -2.40. The van der Waals surface area contributed by atoms with Crippen molar-refractivity contribution in [1.29, 1.82) is 0 Å². The van der Waals surface area contributed by atoms with Gasteiger partial charge in [-0.25, -0.2) is 4.39 Å². The van der Waals surface area contributed by atoms with Gasteiger partial charge < -0.3 is 10.5 Å². The molecule has 1 aromatic carbocycles. The third kappa shape index (κ3) is 2.47. The summed E-state index contributed by atoms with van der Waals surface area (Å²) in [6.45, 7) is 1.08. The molecule has 1 saturated heterocycles. The Morgan fingerprint density at radius 1 is 1.32 bits per heavy atom. The topological polar surface area (TPSA) is 38.5 Å². The number of piperidine rings is 1. The molecule has 2 N–H and O–H groups in total. The Kier molecular flexibility index (Phi) is 3.46. The first-order valence-corrected chi connectivity index (χ1v) is 7.05. The van der Waals surface area contributed by atoms with Gasteiger partial charge in [0.15, 0.2) is 11.6 Å². The maximum atomic E-state index is 13.9. The highest BCUT2D eigenvalue weighted by Gasteiger charge is 2.39. The first-order valence-electron chi connectivity index (χ1n) is 7.05. The quantitative estimate of drug-likeness (QED) is 0.911. The molecule has 2 fully saturated rings. The molecule has 104 valence electrons. The third-order valence-corrected chi connectivity index (χ3v) is 4.25. The van der Waals surface area contributed by atoms with Crippen molar-refractivity contribution >= 4 is 0 Å². The van der Waals surface area contributed by atoms with E-state index in [1.807, 2.05) is 6.07 Å². The zero-order valence-electron chi connectivity index (χ0n) is 11.3. The smallest absolute Gasteiger partial charge is 0.165 e. The Bertz CT molecular complexity index is 461. The van der Waals surface area contributed by atoms with Crippen molar-refractivity contribution in [3.63, 3.8) is 0 Å². The first kappa shape index (κ1) is 12.9. The van der Waals surface area contributed by atoms with E-state index in [1.54, 1.807) is 12.1 Å². The maximum Gasteiger partial charge on any atom is 0.165 e. The van der Waals surface area contributed by atoms with Gasteiger partial charge in [-0.3, -0.25) is 4.90 Å². The van der Waals surface area contributed by atoms with Gasteiger partial charge in [0, 0.05) is 12.1 Å². The molecule has 19 heavy (non-hydrogen) atoms. The van der Waals surface area contributed by atoms with Crippen molar-refractivity contribution in [2.45, 2.75) is 43.8 Å². The van der Waals surface area contributed by atoms with Crippen LogP contribution < -0.4 is 10.5 Å². The van der Waals surface area contributed by atoms with Gasteiger partial charge in [-0.05, 0) is 49.9 Å². The minimum absolute atomic E-state index is 0.0992. The number of rotatable bonds is 3. The highest BCUT2D eigenvalue weighted by molar-refractivity contribution is 5.32. The first-order chi connectivity index (χ1) is 9.20. The van der Waals surface area contributed by atoms with Gasteiger partial charge in [0.2, 0.25) is 0 Å². The van der Waals surface area contributed by atoms with Gasteiger partial charge in [-0.15, -0.1) is 0 Å². The predicted molar refractivity (Wildman–Crippen MR) is 72.6 cm³/mol. The number of hydrogen-bond donors (Lipinski definition) is 1. The van der Waals surface area contributed by atoms with E-state index in [0.29, 0.717) is 11.8 Å². The lowest BCUT2D eigenvalue weighted by molar-refractivity contribution is 0.119. The summed E-state index contributed by atoms with van der Waals surface area (Å²) in [5.41, 5.74) is 7.28. The van der Waals surface area contributed by atoms with Crippen LogP contribution in [0.15, 0.2) is 18.2 Å². The second-order valence-electron chi connectivity index (χ2n) is 5.61. The second kappa shape index (κ2) is 5.10. The predicted octanol–water partition coefficient (Wildman–Crippen LogP) is 2.46. The van der Waals surface area contributed by atoms with Crippen molar-refractivity contribution in [2.75, 3.05) is 13.7 Å². The zero-order valence-corrected chi connectivity index (χ0v) is 11.3. The standard InChI is InChI=1S/C15H21FN2O/c1-19-14-7-4-10(9-12(14)16)15-13(17)3-2-8-18(15)11-5-6-11/h4,7,9,11,13,15H,2-3,5-6,8,17H2,1H3. The van der Waals surface area contributed by atoms with Crippen molar-refractivity contribution in [3.8, 4) is 5.75 Å². The molecule has 0 radical (unpaired) electrons. The van der Waals surface area contributed by atoms with Gasteiger partial charge in [0.1, 0.15) is 0 Å². The molecule has 4 heteroatoms. The molecule has 0 amide bonds. The normalized spacial score (nSPS) is 28.4. The summed E-state index contributed by atoms with van der Waals surface area (Å²) < 4.78 is 18.9. The molecule has 2 atom stereocenters. The highest BCUT2D eigenvalue weighted by Crippen LogP contribution is 2.39. The van der Waals surface area contributed by atoms with E-state index < -0.39 is 0 Å². The summed E-state index contributed by atoms with van der Waals surface area (Å²) in [6, 6.07) is 6.15. The van der Waals surface area contributed by atoms with Crippen LogP contribution in [0.1, 0.15) is 37.3 Å². The summed E-state index contributed by atoms with van der Waals surface area (Å²) in [4.78, 5) is 2.47.